The number of aryl methyl sites for hydroxylation is 1. The highest BCUT2D eigenvalue weighted by Crippen LogP contribution is 2.54. The summed E-state index contributed by atoms with van der Waals surface area (Å²) >= 11 is 1.49. The molecule has 0 spiro atoms. The molecule has 1 aliphatic carbocycles. The van der Waals surface area contributed by atoms with Gasteiger partial charge in [0.25, 0.3) is 11.8 Å². The lowest BCUT2D eigenvalue weighted by Crippen LogP contribution is -2.55. The van der Waals surface area contributed by atoms with Gasteiger partial charge in [-0.05, 0) is 67.5 Å². The Kier molecular flexibility index (Phi) is 8.20. The van der Waals surface area contributed by atoms with Gasteiger partial charge in [-0.15, -0.1) is 11.8 Å². The molecule has 3 aliphatic rings. The predicted molar refractivity (Wildman–Crippen MR) is 169 cm³/mol. The Labute approximate surface area is 256 Å². The Bertz CT molecular complexity index is 1530. The molecule has 1 saturated heterocycles. The third-order valence-electron chi connectivity index (χ3n) is 9.08. The maximum atomic E-state index is 14.0. The van der Waals surface area contributed by atoms with Crippen molar-refractivity contribution in [2.75, 3.05) is 24.3 Å². The Morgan fingerprint density at radius 3 is 2.65 bits per heavy atom. The summed E-state index contributed by atoms with van der Waals surface area (Å²) in [7, 11) is 0. The van der Waals surface area contributed by atoms with Crippen LogP contribution in [0.25, 0.3) is 0 Å². The molecule has 8 nitrogen and oxygen atoms in total. The molecule has 0 bridgehead atoms. The van der Waals surface area contributed by atoms with E-state index in [2.05, 4.69) is 10.6 Å². The van der Waals surface area contributed by atoms with E-state index in [1.807, 2.05) is 80.6 Å². The van der Waals surface area contributed by atoms with Crippen LogP contribution in [0.15, 0.2) is 72.8 Å². The molecule has 43 heavy (non-hydrogen) atoms. The number of nitrogens with one attached hydrogen (secondary N) is 2. The Hall–Kier alpha value is -3.82. The van der Waals surface area contributed by atoms with Crippen LogP contribution < -0.4 is 10.6 Å². The minimum Gasteiger partial charge on any atom is -0.385 e. The summed E-state index contributed by atoms with van der Waals surface area (Å²) in [6.07, 6.45) is 0.627. The molecule has 1 saturated carbocycles. The molecule has 9 heteroatoms. The number of fused-ring (bicyclic) bond motifs is 1. The Balaban J connectivity index is 1.24. The van der Waals surface area contributed by atoms with Gasteiger partial charge in [0.2, 0.25) is 5.91 Å². The van der Waals surface area contributed by atoms with E-state index >= 15 is 0 Å². The first kappa shape index (κ1) is 29.3. The van der Waals surface area contributed by atoms with E-state index in [4.69, 9.17) is 0 Å². The molecule has 2 heterocycles. The van der Waals surface area contributed by atoms with Crippen LogP contribution in [0.4, 0.5) is 5.69 Å². The number of nitrogens with zero attached hydrogens (tertiary/aromatic N) is 2. The molecule has 2 fully saturated rings. The van der Waals surface area contributed by atoms with Gasteiger partial charge in [0.05, 0.1) is 16.8 Å². The second-order valence-corrected chi connectivity index (χ2v) is 13.1. The molecule has 224 valence electrons. The minimum absolute atomic E-state index is 0.128. The maximum Gasteiger partial charge on any atom is 0.255 e. The molecule has 3 amide bonds. The normalized spacial score (nSPS) is 23.9. The lowest BCUT2D eigenvalue weighted by atomic mass is 9.95. The molecular weight excluding hydrogens is 560 g/mol. The molecule has 0 radical (unpaired) electrons. The first-order chi connectivity index (χ1) is 20.8. The lowest BCUT2D eigenvalue weighted by molar-refractivity contribution is -0.146. The summed E-state index contributed by atoms with van der Waals surface area (Å²) in [5, 5.41) is 18.1. The van der Waals surface area contributed by atoms with Crippen LogP contribution in [0.5, 0.6) is 0 Å². The fourth-order valence-corrected chi connectivity index (χ4v) is 7.39. The molecule has 3 aromatic carbocycles. The standard InChI is InChI=1S/C34H38N4O4S/c1-22-10-6-7-13-25(22)19-38-23(2)43-21-37(20-30(38)39)33(42)31(40)34(18-28(34)24-11-4-3-5-12-24)36-32(41)27-14-8-16-29-26(27)15-9-17-35-29/h3-8,10-14,16,23,28,31,35,40H,9,15,17-21H2,1-2H3,(H,36,41)/t23?,28-,31+,34+/m0/s1. The predicted octanol–water partition coefficient (Wildman–Crippen LogP) is 4.28. The van der Waals surface area contributed by atoms with Crippen LogP contribution in [0.2, 0.25) is 0 Å². The number of benzene rings is 3. The van der Waals surface area contributed by atoms with Crippen molar-refractivity contribution in [2.24, 2.45) is 0 Å². The summed E-state index contributed by atoms with van der Waals surface area (Å²) in [5.41, 5.74) is 4.41. The van der Waals surface area contributed by atoms with E-state index in [9.17, 15) is 19.5 Å². The largest absolute Gasteiger partial charge is 0.385 e. The maximum absolute atomic E-state index is 14.0. The molecule has 2 aliphatic heterocycles. The van der Waals surface area contributed by atoms with Gasteiger partial charge in [-0.3, -0.25) is 14.4 Å². The average molecular weight is 599 g/mol. The van der Waals surface area contributed by atoms with Crippen LogP contribution in [-0.4, -0.2) is 68.6 Å². The number of hydrogen-bond donors (Lipinski definition) is 3. The Morgan fingerprint density at radius 2 is 1.86 bits per heavy atom. The van der Waals surface area contributed by atoms with Gasteiger partial charge in [0, 0.05) is 30.3 Å². The molecule has 1 unspecified atom stereocenters. The third-order valence-corrected chi connectivity index (χ3v) is 10.3. The quantitative estimate of drug-likeness (QED) is 0.376. The van der Waals surface area contributed by atoms with Gasteiger partial charge in [-0.25, -0.2) is 0 Å². The van der Waals surface area contributed by atoms with Gasteiger partial charge >= 0.3 is 0 Å². The van der Waals surface area contributed by atoms with Crippen molar-refractivity contribution in [2.45, 2.75) is 62.6 Å². The number of anilines is 1. The third kappa shape index (κ3) is 5.76. The van der Waals surface area contributed by atoms with Gasteiger partial charge in [0.1, 0.15) is 6.54 Å². The summed E-state index contributed by atoms with van der Waals surface area (Å²) in [4.78, 5) is 44.5. The highest BCUT2D eigenvalue weighted by molar-refractivity contribution is 7.99. The summed E-state index contributed by atoms with van der Waals surface area (Å²) in [6.45, 7) is 5.18. The minimum atomic E-state index is -1.51. The molecule has 3 N–H and O–H groups in total. The van der Waals surface area contributed by atoms with Crippen LogP contribution >= 0.6 is 11.8 Å². The zero-order valence-electron chi connectivity index (χ0n) is 24.6. The Morgan fingerprint density at radius 1 is 1.09 bits per heavy atom. The molecule has 4 atom stereocenters. The van der Waals surface area contributed by atoms with Crippen molar-refractivity contribution in [3.05, 3.63) is 101 Å². The average Bonchev–Trinajstić information content (AvgIpc) is 3.78. The number of aliphatic hydroxyl groups excluding tert-OH is 1. The smallest absolute Gasteiger partial charge is 0.255 e. The first-order valence-electron chi connectivity index (χ1n) is 14.9. The number of aliphatic hydroxyl groups is 1. The number of carbonyl (C=O) groups is 3. The van der Waals surface area contributed by atoms with Crippen LogP contribution in [0.1, 0.15) is 58.3 Å². The van der Waals surface area contributed by atoms with Crippen molar-refractivity contribution < 1.29 is 19.5 Å². The molecular formula is C34H38N4O4S. The number of amides is 3. The fourth-order valence-electron chi connectivity index (χ4n) is 6.40. The van der Waals surface area contributed by atoms with Crippen LogP contribution in [0, 0.1) is 6.92 Å². The van der Waals surface area contributed by atoms with Gasteiger partial charge < -0.3 is 25.5 Å². The number of hydrogen-bond acceptors (Lipinski definition) is 6. The first-order valence-corrected chi connectivity index (χ1v) is 16.0. The monoisotopic (exact) mass is 598 g/mol. The van der Waals surface area contributed by atoms with E-state index in [0.29, 0.717) is 18.5 Å². The van der Waals surface area contributed by atoms with Crippen molar-refractivity contribution in [3.63, 3.8) is 0 Å². The van der Waals surface area contributed by atoms with Crippen molar-refractivity contribution in [3.8, 4) is 0 Å². The molecule has 0 aromatic heterocycles. The van der Waals surface area contributed by atoms with E-state index < -0.39 is 17.6 Å². The van der Waals surface area contributed by atoms with E-state index in [1.54, 1.807) is 11.0 Å². The fraction of sp³-hybridized carbons (Fsp3) is 0.382. The highest BCUT2D eigenvalue weighted by Gasteiger charge is 2.63. The topological polar surface area (TPSA) is 102 Å². The van der Waals surface area contributed by atoms with E-state index in [-0.39, 0.29) is 35.5 Å². The van der Waals surface area contributed by atoms with E-state index in [1.165, 1.54) is 16.7 Å². The van der Waals surface area contributed by atoms with Crippen LogP contribution in [0.3, 0.4) is 0 Å². The van der Waals surface area contributed by atoms with E-state index in [0.717, 1.165) is 47.3 Å². The zero-order valence-corrected chi connectivity index (χ0v) is 25.4. The number of thioether (sulfide) groups is 1. The molecule has 6 rings (SSSR count). The van der Waals surface area contributed by atoms with Crippen molar-refractivity contribution >= 4 is 35.2 Å². The van der Waals surface area contributed by atoms with Gasteiger partial charge in [-0.1, -0.05) is 60.7 Å². The van der Waals surface area contributed by atoms with Gasteiger partial charge in [-0.2, -0.15) is 0 Å². The van der Waals surface area contributed by atoms with Crippen molar-refractivity contribution in [1.29, 1.82) is 0 Å². The van der Waals surface area contributed by atoms with Gasteiger partial charge in [0.15, 0.2) is 6.10 Å². The lowest BCUT2D eigenvalue weighted by Gasteiger charge is -2.30. The summed E-state index contributed by atoms with van der Waals surface area (Å²) < 4.78 is 0. The van der Waals surface area contributed by atoms with Crippen molar-refractivity contribution in [1.82, 2.24) is 15.1 Å². The SMILES string of the molecule is Cc1ccccc1CN1C(=O)CN(C(=O)[C@@H](O)[C@@]2(NC(=O)c3cccc4c3CCCN4)C[C@H]2c2ccccc2)CSC1C. The zero-order chi connectivity index (χ0) is 30.1. The number of carbonyl (C=O) groups excluding carboxylic acids is 3. The van der Waals surface area contributed by atoms with Crippen LogP contribution in [-0.2, 0) is 22.6 Å². The number of rotatable bonds is 7. The highest BCUT2D eigenvalue weighted by atomic mass is 32.2. The summed E-state index contributed by atoms with van der Waals surface area (Å²) in [5.74, 6) is -0.976. The summed E-state index contributed by atoms with van der Waals surface area (Å²) in [6, 6.07) is 23.3. The second kappa shape index (κ2) is 12.1. The second-order valence-electron chi connectivity index (χ2n) is 11.8. The molecule has 3 aromatic rings.